The molecule has 1 N–H and O–H groups in total. The number of benzene rings is 1. The second-order valence-corrected chi connectivity index (χ2v) is 5.38. The van der Waals surface area contributed by atoms with Crippen LogP contribution in [0.4, 0.5) is 0 Å². The van der Waals surface area contributed by atoms with Crippen molar-refractivity contribution in [2.75, 3.05) is 6.54 Å². The minimum absolute atomic E-state index is 0.0188. The van der Waals surface area contributed by atoms with Crippen molar-refractivity contribution in [2.24, 2.45) is 0 Å². The van der Waals surface area contributed by atoms with Gasteiger partial charge in [-0.1, -0.05) is 36.3 Å². The van der Waals surface area contributed by atoms with Crippen molar-refractivity contribution in [3.63, 3.8) is 0 Å². The third-order valence-electron chi connectivity index (χ3n) is 3.71. The summed E-state index contributed by atoms with van der Waals surface area (Å²) in [5.74, 6) is 2.57. The van der Waals surface area contributed by atoms with Gasteiger partial charge in [0, 0.05) is 11.9 Å². The Morgan fingerprint density at radius 2 is 1.95 bits per heavy atom. The maximum atomic E-state index is 12.7. The third kappa shape index (κ3) is 3.12. The highest BCUT2D eigenvalue weighted by Gasteiger charge is 2.21. The highest BCUT2D eigenvalue weighted by molar-refractivity contribution is 5.69. The Morgan fingerprint density at radius 3 is 2.64 bits per heavy atom. The molecule has 0 amide bonds. The van der Waals surface area contributed by atoms with Crippen LogP contribution in [0.2, 0.25) is 0 Å². The van der Waals surface area contributed by atoms with Crippen molar-refractivity contribution >= 4 is 5.70 Å². The molecule has 3 heteroatoms. The fourth-order valence-electron chi connectivity index (χ4n) is 2.49. The van der Waals surface area contributed by atoms with Gasteiger partial charge in [-0.15, -0.1) is 6.42 Å². The van der Waals surface area contributed by atoms with Crippen LogP contribution in [0.3, 0.4) is 0 Å². The highest BCUT2D eigenvalue weighted by Crippen LogP contribution is 2.33. The van der Waals surface area contributed by atoms with E-state index in [0.29, 0.717) is 18.7 Å². The van der Waals surface area contributed by atoms with E-state index in [1.54, 1.807) is 4.57 Å². The minimum atomic E-state index is 0.0188. The van der Waals surface area contributed by atoms with Crippen LogP contribution in [0.15, 0.2) is 59.0 Å². The van der Waals surface area contributed by atoms with E-state index < -0.39 is 0 Å². The predicted molar refractivity (Wildman–Crippen MR) is 89.2 cm³/mol. The zero-order valence-electron chi connectivity index (χ0n) is 12.4. The normalized spacial score (nSPS) is 12.6. The third-order valence-corrected chi connectivity index (χ3v) is 3.71. The molecule has 0 saturated heterocycles. The smallest absolute Gasteiger partial charge is 0.260 e. The molecule has 2 aromatic rings. The Bertz CT molecular complexity index is 788. The van der Waals surface area contributed by atoms with Crippen molar-refractivity contribution in [2.45, 2.75) is 19.4 Å². The molecule has 110 valence electrons. The van der Waals surface area contributed by atoms with Crippen LogP contribution in [0.1, 0.15) is 24.0 Å². The summed E-state index contributed by atoms with van der Waals surface area (Å²) in [5.41, 5.74) is 4.04. The van der Waals surface area contributed by atoms with E-state index in [2.05, 4.69) is 11.2 Å². The molecule has 1 fully saturated rings. The minimum Gasteiger partial charge on any atom is -0.374 e. The van der Waals surface area contributed by atoms with Crippen LogP contribution < -0.4 is 10.9 Å². The number of aromatic nitrogens is 1. The van der Waals surface area contributed by atoms with Crippen LogP contribution in [0.5, 0.6) is 0 Å². The topological polar surface area (TPSA) is 34.0 Å². The van der Waals surface area contributed by atoms with E-state index in [-0.39, 0.29) is 5.56 Å². The Morgan fingerprint density at radius 1 is 1.18 bits per heavy atom. The van der Waals surface area contributed by atoms with Gasteiger partial charge in [-0.05, 0) is 36.1 Å². The average Bonchev–Trinajstić information content (AvgIpc) is 3.37. The van der Waals surface area contributed by atoms with Crippen LogP contribution >= 0.6 is 0 Å². The first kappa shape index (κ1) is 14.2. The lowest BCUT2D eigenvalue weighted by atomic mass is 10.1. The summed E-state index contributed by atoms with van der Waals surface area (Å²) < 4.78 is 1.74. The van der Waals surface area contributed by atoms with E-state index in [1.807, 2.05) is 48.7 Å². The number of nitrogens with one attached hydrogen (secondary N) is 1. The largest absolute Gasteiger partial charge is 0.374 e. The molecule has 1 saturated carbocycles. The standard InChI is InChI=1S/C19H18N2O/c1-2-12-20-18(16-10-11-16)17-9-6-13-21(19(17)22)14-15-7-4-3-5-8-15/h1,3-9,13,20H,10-12,14H2. The molecule has 0 unspecified atom stereocenters. The Kier molecular flexibility index (Phi) is 4.11. The first-order chi connectivity index (χ1) is 10.8. The van der Waals surface area contributed by atoms with E-state index in [4.69, 9.17) is 6.42 Å². The Hall–Kier alpha value is -2.73. The maximum absolute atomic E-state index is 12.7. The van der Waals surface area contributed by atoms with E-state index in [9.17, 15) is 4.79 Å². The zero-order chi connectivity index (χ0) is 15.4. The van der Waals surface area contributed by atoms with Gasteiger partial charge in [0.1, 0.15) is 0 Å². The number of rotatable bonds is 5. The molecule has 22 heavy (non-hydrogen) atoms. The lowest BCUT2D eigenvalue weighted by Crippen LogP contribution is -2.26. The molecular weight excluding hydrogens is 272 g/mol. The van der Waals surface area contributed by atoms with Crippen molar-refractivity contribution in [3.8, 4) is 12.3 Å². The molecule has 1 aliphatic carbocycles. The van der Waals surface area contributed by atoms with Gasteiger partial charge in [0.05, 0.1) is 18.7 Å². The van der Waals surface area contributed by atoms with E-state index in [0.717, 1.165) is 24.1 Å². The van der Waals surface area contributed by atoms with Gasteiger partial charge in [-0.25, -0.2) is 0 Å². The number of terminal acetylenes is 1. The summed E-state index contributed by atoms with van der Waals surface area (Å²) in [6.45, 7) is 1.01. The van der Waals surface area contributed by atoms with Gasteiger partial charge in [0.25, 0.3) is 5.56 Å². The van der Waals surface area contributed by atoms with Gasteiger partial charge in [0.2, 0.25) is 0 Å². The fraction of sp³-hybridized carbons (Fsp3) is 0.211. The highest BCUT2D eigenvalue weighted by atomic mass is 16.1. The molecule has 3 rings (SSSR count). The fourth-order valence-corrected chi connectivity index (χ4v) is 2.49. The molecular formula is C19H18N2O. The molecule has 1 aliphatic rings. The summed E-state index contributed by atoms with van der Waals surface area (Å²) in [5, 5.41) is 3.21. The van der Waals surface area contributed by atoms with Crippen LogP contribution in [0.25, 0.3) is 5.70 Å². The van der Waals surface area contributed by atoms with Crippen molar-refractivity contribution < 1.29 is 0 Å². The summed E-state index contributed by atoms with van der Waals surface area (Å²) in [6, 6.07) is 13.8. The van der Waals surface area contributed by atoms with Crippen LogP contribution in [-0.4, -0.2) is 11.1 Å². The first-order valence-corrected chi connectivity index (χ1v) is 7.42. The van der Waals surface area contributed by atoms with E-state index in [1.165, 1.54) is 5.57 Å². The second kappa shape index (κ2) is 6.36. The van der Waals surface area contributed by atoms with Crippen molar-refractivity contribution in [3.05, 3.63) is 75.7 Å². The second-order valence-electron chi connectivity index (χ2n) is 5.38. The summed E-state index contributed by atoms with van der Waals surface area (Å²) >= 11 is 0. The van der Waals surface area contributed by atoms with Gasteiger partial charge >= 0.3 is 0 Å². The molecule has 0 spiro atoms. The average molecular weight is 290 g/mol. The molecule has 0 radical (unpaired) electrons. The number of pyridine rings is 1. The monoisotopic (exact) mass is 290 g/mol. The SMILES string of the molecule is C#CCNC(=C1CC1)c1cccn(Cc2ccccc2)c1=O. The van der Waals surface area contributed by atoms with Crippen molar-refractivity contribution in [1.29, 1.82) is 0 Å². The van der Waals surface area contributed by atoms with Crippen molar-refractivity contribution in [1.82, 2.24) is 9.88 Å². The van der Waals surface area contributed by atoms with Crippen LogP contribution in [0, 0.1) is 12.3 Å². The molecule has 1 aromatic carbocycles. The summed E-state index contributed by atoms with van der Waals surface area (Å²) in [7, 11) is 0. The molecule has 3 nitrogen and oxygen atoms in total. The zero-order valence-corrected chi connectivity index (χ0v) is 12.4. The van der Waals surface area contributed by atoms with Crippen LogP contribution in [-0.2, 0) is 6.54 Å². The van der Waals surface area contributed by atoms with Gasteiger partial charge in [-0.2, -0.15) is 0 Å². The molecule has 0 bridgehead atoms. The summed E-state index contributed by atoms with van der Waals surface area (Å²) in [4.78, 5) is 12.7. The van der Waals surface area contributed by atoms with E-state index >= 15 is 0 Å². The Balaban J connectivity index is 1.94. The number of nitrogens with zero attached hydrogens (tertiary/aromatic N) is 1. The lowest BCUT2D eigenvalue weighted by Gasteiger charge is -2.12. The molecule has 0 atom stereocenters. The summed E-state index contributed by atoms with van der Waals surface area (Å²) in [6.07, 6.45) is 9.24. The van der Waals surface area contributed by atoms with Gasteiger partial charge in [0.15, 0.2) is 0 Å². The van der Waals surface area contributed by atoms with Gasteiger partial charge in [-0.3, -0.25) is 4.79 Å². The maximum Gasteiger partial charge on any atom is 0.260 e. The molecule has 1 aromatic heterocycles. The Labute approximate surface area is 130 Å². The number of allylic oxidation sites excluding steroid dienone is 1. The first-order valence-electron chi connectivity index (χ1n) is 7.42. The quantitative estimate of drug-likeness (QED) is 0.859. The van der Waals surface area contributed by atoms with Gasteiger partial charge < -0.3 is 9.88 Å². The molecule has 1 heterocycles. The predicted octanol–water partition coefficient (Wildman–Crippen LogP) is 2.62. The number of hydrogen-bond acceptors (Lipinski definition) is 2. The molecule has 0 aliphatic heterocycles. The number of hydrogen-bond donors (Lipinski definition) is 1. The lowest BCUT2D eigenvalue weighted by molar-refractivity contribution is 0.754.